The lowest BCUT2D eigenvalue weighted by Crippen LogP contribution is -2.43. The van der Waals surface area contributed by atoms with E-state index in [2.05, 4.69) is 0 Å². The van der Waals surface area contributed by atoms with Gasteiger partial charge in [-0.3, -0.25) is 9.59 Å². The van der Waals surface area contributed by atoms with Gasteiger partial charge < -0.3 is 15.5 Å². The van der Waals surface area contributed by atoms with Crippen molar-refractivity contribution in [1.29, 1.82) is 0 Å². The van der Waals surface area contributed by atoms with E-state index in [0.29, 0.717) is 6.54 Å². The fourth-order valence-corrected chi connectivity index (χ4v) is 1.94. The zero-order valence-corrected chi connectivity index (χ0v) is 12.4. The van der Waals surface area contributed by atoms with Crippen LogP contribution in [0.2, 0.25) is 0 Å². The zero-order chi connectivity index (χ0) is 15.1. The Labute approximate surface area is 120 Å². The topological polar surface area (TPSA) is 66.6 Å². The molecule has 0 heterocycles. The van der Waals surface area contributed by atoms with Crippen molar-refractivity contribution in [2.24, 2.45) is 5.73 Å². The van der Waals surface area contributed by atoms with Crippen molar-refractivity contribution in [2.45, 2.75) is 12.8 Å². The molecule has 110 valence electrons. The molecule has 0 saturated carbocycles. The van der Waals surface area contributed by atoms with Gasteiger partial charge in [-0.25, -0.2) is 0 Å². The number of rotatable bonds is 6. The molecule has 0 fully saturated rings. The van der Waals surface area contributed by atoms with Gasteiger partial charge in [0.05, 0.1) is 12.5 Å². The molecule has 20 heavy (non-hydrogen) atoms. The first-order chi connectivity index (χ1) is 9.51. The fraction of sp³-hybridized carbons (Fsp3) is 0.467. The summed E-state index contributed by atoms with van der Waals surface area (Å²) in [5.74, 6) is -0.591. The zero-order valence-electron chi connectivity index (χ0n) is 12.4. The Kier molecular flexibility index (Phi) is 6.18. The lowest BCUT2D eigenvalue weighted by Gasteiger charge is -2.26. The maximum Gasteiger partial charge on any atom is 0.241 e. The first-order valence-electron chi connectivity index (χ1n) is 6.75. The predicted molar refractivity (Wildman–Crippen MR) is 79.2 cm³/mol. The average molecular weight is 277 g/mol. The Balaban J connectivity index is 2.86. The first kappa shape index (κ1) is 16.2. The van der Waals surface area contributed by atoms with Crippen LogP contribution in [0.5, 0.6) is 0 Å². The molecule has 1 rings (SSSR count). The van der Waals surface area contributed by atoms with Crippen LogP contribution in [0.15, 0.2) is 30.3 Å². The molecule has 0 aliphatic carbocycles. The van der Waals surface area contributed by atoms with Gasteiger partial charge in [0, 0.05) is 27.2 Å². The molecule has 0 spiro atoms. The number of likely N-dealkylation sites (N-methyl/N-ethyl adjacent to an activating group) is 2. The van der Waals surface area contributed by atoms with E-state index < -0.39 is 5.92 Å². The largest absolute Gasteiger partial charge is 0.347 e. The Morgan fingerprint density at radius 3 is 2.25 bits per heavy atom. The maximum absolute atomic E-state index is 12.5. The van der Waals surface area contributed by atoms with E-state index in [1.54, 1.807) is 19.0 Å². The highest BCUT2D eigenvalue weighted by atomic mass is 16.2. The van der Waals surface area contributed by atoms with E-state index in [1.165, 1.54) is 4.90 Å². The Morgan fingerprint density at radius 2 is 1.80 bits per heavy atom. The van der Waals surface area contributed by atoms with Crippen molar-refractivity contribution in [3.63, 3.8) is 0 Å². The summed E-state index contributed by atoms with van der Waals surface area (Å²) in [7, 11) is 3.36. The van der Waals surface area contributed by atoms with Crippen LogP contribution in [0.25, 0.3) is 0 Å². The van der Waals surface area contributed by atoms with Gasteiger partial charge in [-0.05, 0) is 12.5 Å². The van der Waals surface area contributed by atoms with Gasteiger partial charge >= 0.3 is 0 Å². The molecular formula is C15H23N3O2. The van der Waals surface area contributed by atoms with E-state index in [-0.39, 0.29) is 24.9 Å². The molecule has 1 atom stereocenters. The van der Waals surface area contributed by atoms with E-state index in [0.717, 1.165) is 5.56 Å². The highest BCUT2D eigenvalue weighted by Gasteiger charge is 2.25. The van der Waals surface area contributed by atoms with Crippen molar-refractivity contribution in [2.75, 3.05) is 33.7 Å². The van der Waals surface area contributed by atoms with Gasteiger partial charge in [0.1, 0.15) is 0 Å². The molecule has 0 bridgehead atoms. The van der Waals surface area contributed by atoms with E-state index >= 15 is 0 Å². The summed E-state index contributed by atoms with van der Waals surface area (Å²) in [5, 5.41) is 0. The average Bonchev–Trinajstić information content (AvgIpc) is 2.46. The standard InChI is InChI=1S/C15H23N3O2/c1-4-18(11-14(19)17(2)3)15(20)13(10-16)12-8-6-5-7-9-12/h5-9,13H,4,10-11,16H2,1-3H3. The van der Waals surface area contributed by atoms with Crippen LogP contribution < -0.4 is 5.73 Å². The van der Waals surface area contributed by atoms with Crippen LogP contribution in [0, 0.1) is 0 Å². The molecular weight excluding hydrogens is 254 g/mol. The third kappa shape index (κ3) is 4.06. The number of amides is 2. The van der Waals surface area contributed by atoms with E-state index in [4.69, 9.17) is 5.73 Å². The summed E-state index contributed by atoms with van der Waals surface area (Å²) < 4.78 is 0. The highest BCUT2D eigenvalue weighted by Crippen LogP contribution is 2.17. The summed E-state index contributed by atoms with van der Waals surface area (Å²) >= 11 is 0. The minimum atomic E-state index is -0.397. The summed E-state index contributed by atoms with van der Waals surface area (Å²) in [4.78, 5) is 27.3. The molecule has 0 aliphatic rings. The van der Waals surface area contributed by atoms with Crippen molar-refractivity contribution in [1.82, 2.24) is 9.80 Å². The van der Waals surface area contributed by atoms with Gasteiger partial charge in [-0.15, -0.1) is 0 Å². The summed E-state index contributed by atoms with van der Waals surface area (Å²) in [6.07, 6.45) is 0. The van der Waals surface area contributed by atoms with Crippen molar-refractivity contribution in [3.05, 3.63) is 35.9 Å². The van der Waals surface area contributed by atoms with Crippen molar-refractivity contribution in [3.8, 4) is 0 Å². The molecule has 5 nitrogen and oxygen atoms in total. The molecule has 0 saturated heterocycles. The molecule has 0 radical (unpaired) electrons. The molecule has 1 aromatic carbocycles. The van der Waals surface area contributed by atoms with Crippen LogP contribution in [0.1, 0.15) is 18.4 Å². The second kappa shape index (κ2) is 7.65. The second-order valence-corrected chi connectivity index (χ2v) is 4.84. The number of carbonyl (C=O) groups is 2. The van der Waals surface area contributed by atoms with E-state index in [1.807, 2.05) is 37.3 Å². The molecule has 1 aromatic rings. The highest BCUT2D eigenvalue weighted by molar-refractivity contribution is 5.88. The summed E-state index contributed by atoms with van der Waals surface area (Å²) in [6, 6.07) is 9.43. The van der Waals surface area contributed by atoms with Gasteiger partial charge in [0.25, 0.3) is 0 Å². The van der Waals surface area contributed by atoms with Crippen LogP contribution in [0.4, 0.5) is 0 Å². The molecule has 0 aliphatic heterocycles. The van der Waals surface area contributed by atoms with Crippen molar-refractivity contribution < 1.29 is 9.59 Å². The van der Waals surface area contributed by atoms with Crippen LogP contribution in [-0.4, -0.2) is 55.3 Å². The van der Waals surface area contributed by atoms with Gasteiger partial charge in [-0.1, -0.05) is 30.3 Å². The predicted octanol–water partition coefficient (Wildman–Crippen LogP) is 0.666. The number of carbonyl (C=O) groups excluding carboxylic acids is 2. The molecule has 2 amide bonds. The Hall–Kier alpha value is -1.88. The summed E-state index contributed by atoms with van der Waals surface area (Å²) in [6.45, 7) is 2.67. The van der Waals surface area contributed by atoms with Gasteiger partial charge in [0.2, 0.25) is 11.8 Å². The number of nitrogens with zero attached hydrogens (tertiary/aromatic N) is 2. The lowest BCUT2D eigenvalue weighted by atomic mass is 9.97. The fourth-order valence-electron chi connectivity index (χ4n) is 1.94. The monoisotopic (exact) mass is 277 g/mol. The number of nitrogens with two attached hydrogens (primary N) is 1. The first-order valence-corrected chi connectivity index (χ1v) is 6.75. The molecule has 2 N–H and O–H groups in total. The minimum absolute atomic E-state index is 0.0890. The third-order valence-electron chi connectivity index (χ3n) is 3.25. The quantitative estimate of drug-likeness (QED) is 0.831. The smallest absolute Gasteiger partial charge is 0.241 e. The van der Waals surface area contributed by atoms with E-state index in [9.17, 15) is 9.59 Å². The molecule has 5 heteroatoms. The molecule has 0 aromatic heterocycles. The third-order valence-corrected chi connectivity index (χ3v) is 3.25. The Morgan fingerprint density at radius 1 is 1.20 bits per heavy atom. The SMILES string of the molecule is CCN(CC(=O)N(C)C)C(=O)C(CN)c1ccccc1. The maximum atomic E-state index is 12.5. The minimum Gasteiger partial charge on any atom is -0.347 e. The number of hydrogen-bond donors (Lipinski definition) is 1. The van der Waals surface area contributed by atoms with Crippen LogP contribution in [0.3, 0.4) is 0 Å². The summed E-state index contributed by atoms with van der Waals surface area (Å²) in [5.41, 5.74) is 6.63. The van der Waals surface area contributed by atoms with Gasteiger partial charge in [0.15, 0.2) is 0 Å². The lowest BCUT2D eigenvalue weighted by molar-refractivity contribution is -0.139. The van der Waals surface area contributed by atoms with Crippen LogP contribution in [-0.2, 0) is 9.59 Å². The van der Waals surface area contributed by atoms with Gasteiger partial charge in [-0.2, -0.15) is 0 Å². The Bertz CT molecular complexity index is 446. The number of benzene rings is 1. The normalized spacial score (nSPS) is 11.8. The van der Waals surface area contributed by atoms with Crippen molar-refractivity contribution >= 4 is 11.8 Å². The molecule has 1 unspecified atom stereocenters. The van der Waals surface area contributed by atoms with Crippen LogP contribution >= 0.6 is 0 Å². The number of hydrogen-bond acceptors (Lipinski definition) is 3. The second-order valence-electron chi connectivity index (χ2n) is 4.84.